The Balaban J connectivity index is 1.59. The zero-order chi connectivity index (χ0) is 14.9. The van der Waals surface area contributed by atoms with Crippen LogP contribution in [0.3, 0.4) is 0 Å². The third-order valence-corrected chi connectivity index (χ3v) is 6.15. The smallest absolute Gasteiger partial charge is 0.0575 e. The molecule has 2 fully saturated rings. The van der Waals surface area contributed by atoms with E-state index in [1.807, 2.05) is 0 Å². The molecule has 2 aliphatic rings. The molecule has 0 aromatic heterocycles. The fourth-order valence-electron chi connectivity index (χ4n) is 4.77. The average Bonchev–Trinajstić information content (AvgIpc) is 2.53. The van der Waals surface area contributed by atoms with Crippen LogP contribution in [-0.4, -0.2) is 12.7 Å². The van der Waals surface area contributed by atoms with Crippen molar-refractivity contribution < 1.29 is 4.74 Å². The first-order valence-corrected chi connectivity index (χ1v) is 9.95. The van der Waals surface area contributed by atoms with Crippen LogP contribution in [0.1, 0.15) is 97.3 Å². The van der Waals surface area contributed by atoms with Crippen molar-refractivity contribution in [2.24, 2.45) is 17.8 Å². The lowest BCUT2D eigenvalue weighted by atomic mass is 9.70. The van der Waals surface area contributed by atoms with Gasteiger partial charge in [-0.25, -0.2) is 0 Å². The standard InChI is InChI=1S/C20H38O/c1-3-5-6-7-8-17-9-11-18(12-10-17)19-13-15-20(16-14-19)21-4-2/h17-20H,3-16H2,1-2H3. The molecular weight excluding hydrogens is 256 g/mol. The summed E-state index contributed by atoms with van der Waals surface area (Å²) < 4.78 is 5.80. The van der Waals surface area contributed by atoms with E-state index in [0.29, 0.717) is 6.10 Å². The first-order chi connectivity index (χ1) is 10.3. The van der Waals surface area contributed by atoms with E-state index in [4.69, 9.17) is 4.74 Å². The summed E-state index contributed by atoms with van der Waals surface area (Å²) in [5.41, 5.74) is 0. The van der Waals surface area contributed by atoms with Gasteiger partial charge in [-0.1, -0.05) is 51.9 Å². The van der Waals surface area contributed by atoms with Crippen LogP contribution < -0.4 is 0 Å². The first kappa shape index (κ1) is 17.3. The third kappa shape index (κ3) is 5.93. The Labute approximate surface area is 133 Å². The fraction of sp³-hybridized carbons (Fsp3) is 1.00. The fourth-order valence-corrected chi connectivity index (χ4v) is 4.77. The van der Waals surface area contributed by atoms with Crippen LogP contribution in [0.5, 0.6) is 0 Å². The lowest BCUT2D eigenvalue weighted by Crippen LogP contribution is -2.28. The molecule has 0 bridgehead atoms. The first-order valence-electron chi connectivity index (χ1n) is 9.95. The van der Waals surface area contributed by atoms with Gasteiger partial charge in [0, 0.05) is 6.61 Å². The van der Waals surface area contributed by atoms with E-state index in [0.717, 1.165) is 24.4 Å². The number of rotatable bonds is 8. The van der Waals surface area contributed by atoms with Gasteiger partial charge in [0.05, 0.1) is 6.10 Å². The second-order valence-electron chi connectivity index (χ2n) is 7.62. The van der Waals surface area contributed by atoms with Gasteiger partial charge in [-0.2, -0.15) is 0 Å². The second-order valence-corrected chi connectivity index (χ2v) is 7.62. The van der Waals surface area contributed by atoms with Gasteiger partial charge in [0.25, 0.3) is 0 Å². The predicted molar refractivity (Wildman–Crippen MR) is 91.6 cm³/mol. The van der Waals surface area contributed by atoms with Crippen molar-refractivity contribution in [2.75, 3.05) is 6.61 Å². The van der Waals surface area contributed by atoms with E-state index >= 15 is 0 Å². The van der Waals surface area contributed by atoms with E-state index in [9.17, 15) is 0 Å². The van der Waals surface area contributed by atoms with E-state index in [2.05, 4.69) is 13.8 Å². The number of unbranched alkanes of at least 4 members (excludes halogenated alkanes) is 3. The van der Waals surface area contributed by atoms with Gasteiger partial charge < -0.3 is 4.74 Å². The highest BCUT2D eigenvalue weighted by Crippen LogP contribution is 2.41. The summed E-state index contributed by atoms with van der Waals surface area (Å²) in [4.78, 5) is 0. The van der Waals surface area contributed by atoms with Crippen molar-refractivity contribution in [1.82, 2.24) is 0 Å². The molecule has 1 heteroatoms. The molecule has 0 radical (unpaired) electrons. The number of hydrogen-bond acceptors (Lipinski definition) is 1. The Morgan fingerprint density at radius 2 is 1.33 bits per heavy atom. The Bertz CT molecular complexity index is 247. The Hall–Kier alpha value is -0.0400. The average molecular weight is 295 g/mol. The zero-order valence-corrected chi connectivity index (χ0v) is 14.6. The highest BCUT2D eigenvalue weighted by atomic mass is 16.5. The molecule has 0 heterocycles. The van der Waals surface area contributed by atoms with Gasteiger partial charge in [0.1, 0.15) is 0 Å². The minimum atomic E-state index is 0.584. The second kappa shape index (κ2) is 9.87. The molecule has 2 rings (SSSR count). The molecule has 0 spiro atoms. The summed E-state index contributed by atoms with van der Waals surface area (Å²) in [6.45, 7) is 5.35. The van der Waals surface area contributed by atoms with Crippen molar-refractivity contribution >= 4 is 0 Å². The van der Waals surface area contributed by atoms with Crippen LogP contribution in [0.2, 0.25) is 0 Å². The largest absolute Gasteiger partial charge is 0.379 e. The molecule has 2 aliphatic carbocycles. The van der Waals surface area contributed by atoms with E-state index in [1.165, 1.54) is 83.5 Å². The monoisotopic (exact) mass is 294 g/mol. The summed E-state index contributed by atoms with van der Waals surface area (Å²) in [5.74, 6) is 3.15. The maximum atomic E-state index is 5.80. The summed E-state index contributed by atoms with van der Waals surface area (Å²) >= 11 is 0. The molecule has 0 atom stereocenters. The van der Waals surface area contributed by atoms with Gasteiger partial charge in [-0.05, 0) is 63.2 Å². The van der Waals surface area contributed by atoms with Gasteiger partial charge in [0.2, 0.25) is 0 Å². The van der Waals surface area contributed by atoms with E-state index < -0.39 is 0 Å². The molecule has 2 saturated carbocycles. The molecule has 124 valence electrons. The quantitative estimate of drug-likeness (QED) is 0.473. The maximum Gasteiger partial charge on any atom is 0.0575 e. The lowest BCUT2D eigenvalue weighted by molar-refractivity contribution is 0.0134. The summed E-state index contributed by atoms with van der Waals surface area (Å²) in [6, 6.07) is 0. The van der Waals surface area contributed by atoms with E-state index in [1.54, 1.807) is 0 Å². The summed E-state index contributed by atoms with van der Waals surface area (Å²) in [7, 11) is 0. The van der Waals surface area contributed by atoms with Crippen LogP contribution in [-0.2, 0) is 4.74 Å². The Morgan fingerprint density at radius 1 is 0.714 bits per heavy atom. The molecule has 0 aliphatic heterocycles. The van der Waals surface area contributed by atoms with Crippen molar-refractivity contribution in [2.45, 2.75) is 103 Å². The number of hydrogen-bond donors (Lipinski definition) is 0. The minimum Gasteiger partial charge on any atom is -0.379 e. The molecule has 0 unspecified atom stereocenters. The van der Waals surface area contributed by atoms with Crippen LogP contribution in [0.15, 0.2) is 0 Å². The lowest BCUT2D eigenvalue weighted by Gasteiger charge is -2.37. The Kier molecular flexibility index (Phi) is 8.14. The molecule has 21 heavy (non-hydrogen) atoms. The predicted octanol–water partition coefficient (Wildman–Crippen LogP) is 6.36. The zero-order valence-electron chi connectivity index (χ0n) is 14.6. The summed E-state index contributed by atoms with van der Waals surface area (Å²) in [6.07, 6.45) is 19.5. The SMILES string of the molecule is CCCCCCC1CCC(C2CCC(OCC)CC2)CC1. The third-order valence-electron chi connectivity index (χ3n) is 6.15. The molecule has 0 amide bonds. The van der Waals surface area contributed by atoms with Crippen molar-refractivity contribution in [3.05, 3.63) is 0 Å². The normalized spacial score (nSPS) is 34.0. The van der Waals surface area contributed by atoms with Crippen LogP contribution in [0.4, 0.5) is 0 Å². The van der Waals surface area contributed by atoms with E-state index in [-0.39, 0.29) is 0 Å². The molecule has 0 saturated heterocycles. The highest BCUT2D eigenvalue weighted by molar-refractivity contribution is 4.82. The van der Waals surface area contributed by atoms with Crippen molar-refractivity contribution in [3.63, 3.8) is 0 Å². The van der Waals surface area contributed by atoms with Crippen molar-refractivity contribution in [3.8, 4) is 0 Å². The Morgan fingerprint density at radius 3 is 1.90 bits per heavy atom. The molecule has 0 aromatic carbocycles. The molecule has 0 aromatic rings. The van der Waals surface area contributed by atoms with Crippen LogP contribution in [0, 0.1) is 17.8 Å². The van der Waals surface area contributed by atoms with Gasteiger partial charge >= 0.3 is 0 Å². The number of ether oxygens (including phenoxy) is 1. The highest BCUT2D eigenvalue weighted by Gasteiger charge is 2.30. The maximum absolute atomic E-state index is 5.80. The van der Waals surface area contributed by atoms with Gasteiger partial charge in [0.15, 0.2) is 0 Å². The summed E-state index contributed by atoms with van der Waals surface area (Å²) in [5, 5.41) is 0. The van der Waals surface area contributed by atoms with Crippen LogP contribution >= 0.6 is 0 Å². The molecule has 0 N–H and O–H groups in total. The molecule has 1 nitrogen and oxygen atoms in total. The topological polar surface area (TPSA) is 9.23 Å². The van der Waals surface area contributed by atoms with Crippen LogP contribution in [0.25, 0.3) is 0 Å². The van der Waals surface area contributed by atoms with Gasteiger partial charge in [-0.15, -0.1) is 0 Å². The van der Waals surface area contributed by atoms with Gasteiger partial charge in [-0.3, -0.25) is 0 Å². The van der Waals surface area contributed by atoms with Crippen molar-refractivity contribution in [1.29, 1.82) is 0 Å². The molecular formula is C20H38O. The minimum absolute atomic E-state index is 0.584.